The quantitative estimate of drug-likeness (QED) is 0.849. The highest BCUT2D eigenvalue weighted by Gasteiger charge is 2.23. The number of carbonyl (C=O) groups excluding carboxylic acids is 1. The predicted molar refractivity (Wildman–Crippen MR) is 75.4 cm³/mol. The number of esters is 1. The molecule has 19 heavy (non-hydrogen) atoms. The van der Waals surface area contributed by atoms with Crippen molar-refractivity contribution in [2.24, 2.45) is 0 Å². The van der Waals surface area contributed by atoms with E-state index in [4.69, 9.17) is 4.74 Å². The van der Waals surface area contributed by atoms with E-state index in [0.29, 0.717) is 11.8 Å². The van der Waals surface area contributed by atoms with Gasteiger partial charge >= 0.3 is 5.97 Å². The first-order chi connectivity index (χ1) is 8.94. The van der Waals surface area contributed by atoms with Gasteiger partial charge in [-0.2, -0.15) is 0 Å². The molecule has 0 aliphatic carbocycles. The van der Waals surface area contributed by atoms with Gasteiger partial charge in [-0.05, 0) is 31.7 Å². The van der Waals surface area contributed by atoms with Crippen LogP contribution < -0.4 is 0 Å². The van der Waals surface area contributed by atoms with E-state index in [-0.39, 0.29) is 11.3 Å². The van der Waals surface area contributed by atoms with Crippen molar-refractivity contribution in [3.05, 3.63) is 42.0 Å². The molecule has 0 saturated carbocycles. The van der Waals surface area contributed by atoms with Crippen LogP contribution in [0.25, 0.3) is 10.8 Å². The molecule has 2 aromatic rings. The molecule has 0 saturated heterocycles. The van der Waals surface area contributed by atoms with Crippen LogP contribution in [0.15, 0.2) is 36.4 Å². The van der Waals surface area contributed by atoms with Gasteiger partial charge in [-0.15, -0.1) is 0 Å². The standard InChI is InChI=1S/C16H18O3/c1-4-16(2,3)19-15(18)13-10-9-11-7-5-6-8-12(11)14(13)17/h5-10,17H,4H2,1-3H3. The lowest BCUT2D eigenvalue weighted by molar-refractivity contribution is -0.00265. The van der Waals surface area contributed by atoms with Crippen molar-refractivity contribution in [2.75, 3.05) is 0 Å². The van der Waals surface area contributed by atoms with Crippen LogP contribution in [0, 0.1) is 0 Å². The Bertz CT molecular complexity index is 614. The lowest BCUT2D eigenvalue weighted by atomic mass is 10.0. The van der Waals surface area contributed by atoms with E-state index in [1.165, 1.54) is 0 Å². The number of hydrogen-bond acceptors (Lipinski definition) is 3. The monoisotopic (exact) mass is 258 g/mol. The largest absolute Gasteiger partial charge is 0.506 e. The fourth-order valence-corrected chi connectivity index (χ4v) is 1.80. The summed E-state index contributed by atoms with van der Waals surface area (Å²) < 4.78 is 5.40. The van der Waals surface area contributed by atoms with Crippen molar-refractivity contribution in [3.8, 4) is 5.75 Å². The molecule has 100 valence electrons. The summed E-state index contributed by atoms with van der Waals surface area (Å²) in [6, 6.07) is 10.8. The summed E-state index contributed by atoms with van der Waals surface area (Å²) >= 11 is 0. The van der Waals surface area contributed by atoms with Gasteiger partial charge < -0.3 is 9.84 Å². The summed E-state index contributed by atoms with van der Waals surface area (Å²) in [6.45, 7) is 5.65. The van der Waals surface area contributed by atoms with Crippen LogP contribution in [0.1, 0.15) is 37.6 Å². The van der Waals surface area contributed by atoms with Crippen LogP contribution in [0.3, 0.4) is 0 Å². The molecule has 3 heteroatoms. The molecular formula is C16H18O3. The minimum Gasteiger partial charge on any atom is -0.506 e. The molecule has 0 atom stereocenters. The van der Waals surface area contributed by atoms with Gasteiger partial charge in [-0.25, -0.2) is 4.79 Å². The molecule has 0 aromatic heterocycles. The third-order valence-corrected chi connectivity index (χ3v) is 3.34. The number of fused-ring (bicyclic) bond motifs is 1. The van der Waals surface area contributed by atoms with Gasteiger partial charge in [0.05, 0.1) is 0 Å². The highest BCUT2D eigenvalue weighted by molar-refractivity contribution is 6.01. The van der Waals surface area contributed by atoms with Gasteiger partial charge in [0.1, 0.15) is 16.9 Å². The molecule has 0 amide bonds. The van der Waals surface area contributed by atoms with E-state index >= 15 is 0 Å². The van der Waals surface area contributed by atoms with Crippen LogP contribution in [0.2, 0.25) is 0 Å². The van der Waals surface area contributed by atoms with E-state index in [0.717, 1.165) is 5.39 Å². The van der Waals surface area contributed by atoms with Crippen LogP contribution in [-0.2, 0) is 4.74 Å². The van der Waals surface area contributed by atoms with Crippen LogP contribution >= 0.6 is 0 Å². The molecule has 1 N–H and O–H groups in total. The molecule has 0 radical (unpaired) electrons. The Morgan fingerprint density at radius 3 is 2.58 bits per heavy atom. The SMILES string of the molecule is CCC(C)(C)OC(=O)c1ccc2ccccc2c1O. The van der Waals surface area contributed by atoms with Crippen molar-refractivity contribution >= 4 is 16.7 Å². The smallest absolute Gasteiger partial charge is 0.342 e. The maximum atomic E-state index is 12.1. The van der Waals surface area contributed by atoms with Crippen molar-refractivity contribution < 1.29 is 14.6 Å². The molecule has 0 spiro atoms. The van der Waals surface area contributed by atoms with E-state index < -0.39 is 11.6 Å². The Hall–Kier alpha value is -2.03. The lowest BCUT2D eigenvalue weighted by Gasteiger charge is -2.23. The molecule has 0 aliphatic heterocycles. The molecule has 0 fully saturated rings. The first-order valence-electron chi connectivity index (χ1n) is 6.38. The predicted octanol–water partition coefficient (Wildman–Crippen LogP) is 3.89. The van der Waals surface area contributed by atoms with Gasteiger partial charge in [0.2, 0.25) is 0 Å². The maximum Gasteiger partial charge on any atom is 0.342 e. The Morgan fingerprint density at radius 2 is 1.89 bits per heavy atom. The highest BCUT2D eigenvalue weighted by Crippen LogP contribution is 2.30. The number of hydrogen-bond donors (Lipinski definition) is 1. The Labute approximate surface area is 112 Å². The van der Waals surface area contributed by atoms with Gasteiger partial charge in [-0.3, -0.25) is 0 Å². The Kier molecular flexibility index (Phi) is 3.47. The minimum absolute atomic E-state index is 0.0185. The number of ether oxygens (including phenoxy) is 1. The summed E-state index contributed by atoms with van der Waals surface area (Å²) in [4.78, 5) is 12.1. The Balaban J connectivity index is 2.41. The molecular weight excluding hydrogens is 240 g/mol. The summed E-state index contributed by atoms with van der Waals surface area (Å²) in [5.41, 5.74) is -0.324. The Morgan fingerprint density at radius 1 is 1.21 bits per heavy atom. The third kappa shape index (κ3) is 2.70. The maximum absolute atomic E-state index is 12.1. The second-order valence-corrected chi connectivity index (χ2v) is 5.19. The molecule has 2 rings (SSSR count). The van der Waals surface area contributed by atoms with E-state index in [1.807, 2.05) is 45.0 Å². The fraction of sp³-hybridized carbons (Fsp3) is 0.312. The fourth-order valence-electron chi connectivity index (χ4n) is 1.80. The van der Waals surface area contributed by atoms with E-state index in [1.54, 1.807) is 12.1 Å². The lowest BCUT2D eigenvalue weighted by Crippen LogP contribution is -2.27. The topological polar surface area (TPSA) is 46.5 Å². The number of phenolic OH excluding ortho intramolecular Hbond substituents is 1. The molecule has 3 nitrogen and oxygen atoms in total. The minimum atomic E-state index is -0.533. The summed E-state index contributed by atoms with van der Waals surface area (Å²) in [5, 5.41) is 11.7. The van der Waals surface area contributed by atoms with Crippen molar-refractivity contribution in [2.45, 2.75) is 32.8 Å². The van der Waals surface area contributed by atoms with Gasteiger partial charge in [-0.1, -0.05) is 37.3 Å². The zero-order valence-electron chi connectivity index (χ0n) is 11.4. The molecule has 2 aromatic carbocycles. The number of aromatic hydroxyl groups is 1. The second kappa shape index (κ2) is 4.92. The number of phenols is 1. The summed E-state index contributed by atoms with van der Waals surface area (Å²) in [5.74, 6) is -0.509. The molecule has 0 aliphatic rings. The van der Waals surface area contributed by atoms with Gasteiger partial charge in [0, 0.05) is 5.39 Å². The van der Waals surface area contributed by atoms with Crippen LogP contribution in [0.5, 0.6) is 5.75 Å². The summed E-state index contributed by atoms with van der Waals surface area (Å²) in [6.07, 6.45) is 0.715. The average Bonchev–Trinajstić information content (AvgIpc) is 2.39. The average molecular weight is 258 g/mol. The van der Waals surface area contributed by atoms with E-state index in [2.05, 4.69) is 0 Å². The van der Waals surface area contributed by atoms with Crippen molar-refractivity contribution in [1.82, 2.24) is 0 Å². The first kappa shape index (κ1) is 13.4. The third-order valence-electron chi connectivity index (χ3n) is 3.34. The first-order valence-corrected chi connectivity index (χ1v) is 6.38. The molecule has 0 bridgehead atoms. The number of carbonyl (C=O) groups is 1. The highest BCUT2D eigenvalue weighted by atomic mass is 16.6. The van der Waals surface area contributed by atoms with Gasteiger partial charge in [0.25, 0.3) is 0 Å². The normalized spacial score (nSPS) is 11.5. The van der Waals surface area contributed by atoms with Crippen LogP contribution in [-0.4, -0.2) is 16.7 Å². The van der Waals surface area contributed by atoms with Gasteiger partial charge in [0.15, 0.2) is 0 Å². The molecule has 0 heterocycles. The zero-order chi connectivity index (χ0) is 14.0. The second-order valence-electron chi connectivity index (χ2n) is 5.19. The van der Waals surface area contributed by atoms with Crippen molar-refractivity contribution in [3.63, 3.8) is 0 Å². The van der Waals surface area contributed by atoms with Crippen molar-refractivity contribution in [1.29, 1.82) is 0 Å². The van der Waals surface area contributed by atoms with E-state index in [9.17, 15) is 9.90 Å². The summed E-state index contributed by atoms with van der Waals surface area (Å²) in [7, 11) is 0. The molecule has 0 unspecified atom stereocenters. The zero-order valence-corrected chi connectivity index (χ0v) is 11.4. The van der Waals surface area contributed by atoms with Crippen LogP contribution in [0.4, 0.5) is 0 Å². The number of benzene rings is 2. The number of rotatable bonds is 3.